The summed E-state index contributed by atoms with van der Waals surface area (Å²) >= 11 is 0. The van der Waals surface area contributed by atoms with Crippen molar-refractivity contribution in [3.8, 4) is 0 Å². The Bertz CT molecular complexity index is 558. The average Bonchev–Trinajstić information content (AvgIpc) is 2.97. The molecule has 0 heterocycles. The molecule has 0 aliphatic heterocycles. The van der Waals surface area contributed by atoms with Crippen molar-refractivity contribution >= 4 is 11.9 Å². The van der Waals surface area contributed by atoms with Crippen molar-refractivity contribution in [2.75, 3.05) is 19.6 Å². The van der Waals surface area contributed by atoms with Crippen LogP contribution in [0.5, 0.6) is 0 Å². The average molecular weight is 581 g/mol. The SMILES string of the molecule is CCCCCCCCCCCCCCCCNC(=O)NC(CCCCN)C(=O)NCCCCCCCCCCCC. The maximum absolute atomic E-state index is 12.8. The third-order valence-corrected chi connectivity index (χ3v) is 8.21. The van der Waals surface area contributed by atoms with Gasteiger partial charge in [-0.3, -0.25) is 4.79 Å². The third kappa shape index (κ3) is 30.0. The van der Waals surface area contributed by atoms with E-state index in [1.807, 2.05) is 0 Å². The molecule has 0 aromatic heterocycles. The molecule has 0 fully saturated rings. The van der Waals surface area contributed by atoms with Crippen molar-refractivity contribution in [2.45, 2.75) is 193 Å². The van der Waals surface area contributed by atoms with Gasteiger partial charge in [-0.15, -0.1) is 0 Å². The smallest absolute Gasteiger partial charge is 0.315 e. The van der Waals surface area contributed by atoms with Gasteiger partial charge in [0.05, 0.1) is 0 Å². The van der Waals surface area contributed by atoms with E-state index >= 15 is 0 Å². The molecule has 1 unspecified atom stereocenters. The molecular formula is C35H72N4O2. The summed E-state index contributed by atoms with van der Waals surface area (Å²) in [5.74, 6) is -0.0652. The number of rotatable bonds is 32. The number of nitrogens with two attached hydrogens (primary N) is 1. The number of nitrogens with one attached hydrogen (secondary N) is 3. The van der Waals surface area contributed by atoms with E-state index in [2.05, 4.69) is 29.8 Å². The van der Waals surface area contributed by atoms with Crippen LogP contribution >= 0.6 is 0 Å². The summed E-state index contributed by atoms with van der Waals surface area (Å²) in [6, 6.07) is -0.715. The first-order valence-electron chi connectivity index (χ1n) is 18.2. The molecule has 0 radical (unpaired) electrons. The van der Waals surface area contributed by atoms with Crippen LogP contribution < -0.4 is 21.7 Å². The van der Waals surface area contributed by atoms with E-state index in [0.717, 1.165) is 38.5 Å². The molecule has 6 heteroatoms. The molecule has 41 heavy (non-hydrogen) atoms. The van der Waals surface area contributed by atoms with E-state index in [1.165, 1.54) is 128 Å². The molecule has 0 aromatic carbocycles. The number of carbonyl (C=O) groups is 2. The molecule has 1 atom stereocenters. The van der Waals surface area contributed by atoms with Crippen LogP contribution in [0.3, 0.4) is 0 Å². The first-order valence-corrected chi connectivity index (χ1v) is 18.2. The Morgan fingerprint density at radius 1 is 0.488 bits per heavy atom. The van der Waals surface area contributed by atoms with Gasteiger partial charge < -0.3 is 21.7 Å². The van der Waals surface area contributed by atoms with Gasteiger partial charge in [0.2, 0.25) is 5.91 Å². The first kappa shape index (κ1) is 39.7. The second-order valence-electron chi connectivity index (χ2n) is 12.3. The van der Waals surface area contributed by atoms with Crippen molar-refractivity contribution in [3.05, 3.63) is 0 Å². The van der Waals surface area contributed by atoms with Crippen LogP contribution in [0.15, 0.2) is 0 Å². The molecule has 0 spiro atoms. The van der Waals surface area contributed by atoms with Crippen molar-refractivity contribution < 1.29 is 9.59 Å². The quantitative estimate of drug-likeness (QED) is 0.0597. The van der Waals surface area contributed by atoms with Gasteiger partial charge in [0.15, 0.2) is 0 Å². The van der Waals surface area contributed by atoms with Gasteiger partial charge in [-0.1, -0.05) is 155 Å². The zero-order chi connectivity index (χ0) is 30.1. The first-order chi connectivity index (χ1) is 20.2. The van der Waals surface area contributed by atoms with Gasteiger partial charge >= 0.3 is 6.03 Å². The monoisotopic (exact) mass is 581 g/mol. The number of amides is 3. The van der Waals surface area contributed by atoms with Crippen LogP contribution in [-0.4, -0.2) is 37.6 Å². The number of hydrogen-bond acceptors (Lipinski definition) is 3. The summed E-state index contributed by atoms with van der Waals surface area (Å²) in [6.07, 6.45) is 33.7. The zero-order valence-electron chi connectivity index (χ0n) is 27.7. The molecule has 0 rings (SSSR count). The summed E-state index contributed by atoms with van der Waals surface area (Å²) in [5.41, 5.74) is 5.64. The van der Waals surface area contributed by atoms with Crippen molar-refractivity contribution in [2.24, 2.45) is 5.73 Å². The molecule has 3 amide bonds. The lowest BCUT2D eigenvalue weighted by atomic mass is 10.0. The fraction of sp³-hybridized carbons (Fsp3) is 0.943. The molecule has 0 aliphatic rings. The molecule has 244 valence electrons. The Labute approximate surface area is 255 Å². The van der Waals surface area contributed by atoms with E-state index in [-0.39, 0.29) is 11.9 Å². The molecule has 5 N–H and O–H groups in total. The summed E-state index contributed by atoms with van der Waals surface area (Å²) in [7, 11) is 0. The number of unbranched alkanes of at least 4 members (excludes halogenated alkanes) is 23. The van der Waals surface area contributed by atoms with Crippen LogP contribution in [0.1, 0.15) is 187 Å². The van der Waals surface area contributed by atoms with E-state index in [0.29, 0.717) is 26.1 Å². The standard InChI is InChI=1S/C35H72N4O2/c1-3-5-7-9-11-13-15-16-17-18-20-22-24-28-32-38-35(41)39-33(29-25-26-30-36)34(40)37-31-27-23-21-19-14-12-10-8-6-4-2/h33H,3-32,36H2,1-2H3,(H,37,40)(H2,38,39,41). The minimum absolute atomic E-state index is 0.0652. The molecule has 0 bridgehead atoms. The zero-order valence-corrected chi connectivity index (χ0v) is 27.7. The molecule has 0 aliphatic carbocycles. The van der Waals surface area contributed by atoms with Crippen LogP contribution in [0.2, 0.25) is 0 Å². The predicted octanol–water partition coefficient (Wildman–Crippen LogP) is 9.30. The molecule has 0 saturated heterocycles. The second-order valence-corrected chi connectivity index (χ2v) is 12.3. The minimum Gasteiger partial charge on any atom is -0.354 e. The summed E-state index contributed by atoms with van der Waals surface area (Å²) in [5, 5.41) is 8.92. The van der Waals surface area contributed by atoms with Gasteiger partial charge in [-0.25, -0.2) is 4.79 Å². The number of urea groups is 1. The Morgan fingerprint density at radius 3 is 1.24 bits per heavy atom. The highest BCUT2D eigenvalue weighted by Crippen LogP contribution is 2.13. The Morgan fingerprint density at radius 2 is 0.854 bits per heavy atom. The Balaban J connectivity index is 3.83. The highest BCUT2D eigenvalue weighted by molar-refractivity contribution is 5.86. The van der Waals surface area contributed by atoms with Crippen molar-refractivity contribution in [1.29, 1.82) is 0 Å². The summed E-state index contributed by atoms with van der Waals surface area (Å²) in [4.78, 5) is 25.2. The molecule has 0 saturated carbocycles. The van der Waals surface area contributed by atoms with Gasteiger partial charge in [-0.05, 0) is 38.6 Å². The lowest BCUT2D eigenvalue weighted by Gasteiger charge is -2.19. The van der Waals surface area contributed by atoms with E-state index in [1.54, 1.807) is 0 Å². The van der Waals surface area contributed by atoms with Crippen molar-refractivity contribution in [3.63, 3.8) is 0 Å². The lowest BCUT2D eigenvalue weighted by Crippen LogP contribution is -2.50. The summed E-state index contributed by atoms with van der Waals surface area (Å²) < 4.78 is 0. The van der Waals surface area contributed by atoms with Crippen LogP contribution in [0, 0.1) is 0 Å². The van der Waals surface area contributed by atoms with Crippen LogP contribution in [0.4, 0.5) is 4.79 Å². The van der Waals surface area contributed by atoms with E-state index in [9.17, 15) is 9.59 Å². The highest BCUT2D eigenvalue weighted by Gasteiger charge is 2.19. The van der Waals surface area contributed by atoms with E-state index in [4.69, 9.17) is 5.73 Å². The number of carbonyl (C=O) groups excluding carboxylic acids is 2. The third-order valence-electron chi connectivity index (χ3n) is 8.21. The molecule has 0 aromatic rings. The topological polar surface area (TPSA) is 96.2 Å². The second kappa shape index (κ2) is 33.2. The normalized spacial score (nSPS) is 11.9. The van der Waals surface area contributed by atoms with Crippen LogP contribution in [0.25, 0.3) is 0 Å². The summed E-state index contributed by atoms with van der Waals surface area (Å²) in [6.45, 7) is 6.49. The highest BCUT2D eigenvalue weighted by atomic mass is 16.2. The fourth-order valence-electron chi connectivity index (χ4n) is 5.44. The maximum Gasteiger partial charge on any atom is 0.315 e. The predicted molar refractivity (Wildman–Crippen MR) is 178 cm³/mol. The largest absolute Gasteiger partial charge is 0.354 e. The van der Waals surface area contributed by atoms with Crippen molar-refractivity contribution in [1.82, 2.24) is 16.0 Å². The number of hydrogen-bond donors (Lipinski definition) is 4. The molecular weight excluding hydrogens is 508 g/mol. The van der Waals surface area contributed by atoms with Gasteiger partial charge in [0.1, 0.15) is 6.04 Å². The fourth-order valence-corrected chi connectivity index (χ4v) is 5.44. The van der Waals surface area contributed by atoms with Gasteiger partial charge in [-0.2, -0.15) is 0 Å². The Hall–Kier alpha value is -1.30. The van der Waals surface area contributed by atoms with E-state index < -0.39 is 6.04 Å². The van der Waals surface area contributed by atoms with Gasteiger partial charge in [0.25, 0.3) is 0 Å². The maximum atomic E-state index is 12.8. The Kier molecular flexibility index (Phi) is 32.2. The lowest BCUT2D eigenvalue weighted by molar-refractivity contribution is -0.123. The molecule has 6 nitrogen and oxygen atoms in total. The minimum atomic E-state index is -0.485. The van der Waals surface area contributed by atoms with Gasteiger partial charge in [0, 0.05) is 13.1 Å². The van der Waals surface area contributed by atoms with Crippen LogP contribution in [-0.2, 0) is 4.79 Å².